The Labute approximate surface area is 160 Å². The normalized spacial score (nSPS) is 17.5. The van der Waals surface area contributed by atoms with E-state index in [1.807, 2.05) is 29.2 Å². The fraction of sp³-hybridized carbons (Fsp3) is 0.263. The summed E-state index contributed by atoms with van der Waals surface area (Å²) < 4.78 is 16.9. The number of fused-ring (bicyclic) bond motifs is 1. The van der Waals surface area contributed by atoms with Crippen LogP contribution in [0.5, 0.6) is 0 Å². The number of halogens is 1. The van der Waals surface area contributed by atoms with Gasteiger partial charge in [-0.15, -0.1) is 0 Å². The summed E-state index contributed by atoms with van der Waals surface area (Å²) in [5.74, 6) is 0. The van der Waals surface area contributed by atoms with E-state index in [1.54, 1.807) is 24.3 Å². The van der Waals surface area contributed by atoms with Gasteiger partial charge >= 0.3 is 6.09 Å². The third-order valence-electron chi connectivity index (χ3n) is 4.17. The Balaban J connectivity index is 1.43. The molecular formula is C19H18ClN3O4. The van der Waals surface area contributed by atoms with Gasteiger partial charge in [0, 0.05) is 6.54 Å². The first-order valence-electron chi connectivity index (χ1n) is 8.59. The maximum Gasteiger partial charge on any atom is 0.412 e. The van der Waals surface area contributed by atoms with Crippen molar-refractivity contribution in [2.45, 2.75) is 6.10 Å². The second kappa shape index (κ2) is 7.85. The molecule has 1 fully saturated rings. The predicted molar refractivity (Wildman–Crippen MR) is 102 cm³/mol. The van der Waals surface area contributed by atoms with Crippen molar-refractivity contribution in [2.24, 2.45) is 0 Å². The van der Waals surface area contributed by atoms with Crippen LogP contribution in [-0.4, -0.2) is 43.5 Å². The maximum atomic E-state index is 12.2. The molecule has 1 amide bonds. The van der Waals surface area contributed by atoms with Crippen molar-refractivity contribution in [1.29, 1.82) is 0 Å². The fourth-order valence-corrected chi connectivity index (χ4v) is 3.06. The average molecular weight is 388 g/mol. The lowest BCUT2D eigenvalue weighted by atomic mass is 10.3. The molecule has 8 heteroatoms. The van der Waals surface area contributed by atoms with Crippen LogP contribution in [0.4, 0.5) is 16.5 Å². The molecular weight excluding hydrogens is 370 g/mol. The lowest BCUT2D eigenvalue weighted by Gasteiger charge is -2.22. The van der Waals surface area contributed by atoms with E-state index in [0.29, 0.717) is 48.6 Å². The fourth-order valence-electron chi connectivity index (χ4n) is 2.87. The number of anilines is 2. The Bertz CT molecular complexity index is 912. The number of amides is 1. The van der Waals surface area contributed by atoms with Crippen molar-refractivity contribution in [3.05, 3.63) is 53.6 Å². The highest BCUT2D eigenvalue weighted by atomic mass is 35.5. The van der Waals surface area contributed by atoms with Crippen LogP contribution >= 0.6 is 11.6 Å². The van der Waals surface area contributed by atoms with Crippen LogP contribution in [0, 0.1) is 0 Å². The smallest absolute Gasteiger partial charge is 0.412 e. The minimum Gasteiger partial charge on any atom is -0.442 e. The summed E-state index contributed by atoms with van der Waals surface area (Å²) in [5.41, 5.74) is 1.99. The summed E-state index contributed by atoms with van der Waals surface area (Å²) >= 11 is 6.06. The van der Waals surface area contributed by atoms with Gasteiger partial charge in [-0.05, 0) is 24.3 Å². The predicted octanol–water partition coefficient (Wildman–Crippen LogP) is 3.94. The monoisotopic (exact) mass is 387 g/mol. The quantitative estimate of drug-likeness (QED) is 0.733. The van der Waals surface area contributed by atoms with Crippen LogP contribution < -0.4 is 10.2 Å². The number of nitrogens with one attached hydrogen (secondary N) is 1. The summed E-state index contributed by atoms with van der Waals surface area (Å²) in [5, 5.41) is 3.09. The summed E-state index contributed by atoms with van der Waals surface area (Å²) in [6.07, 6.45) is -1.05. The van der Waals surface area contributed by atoms with Gasteiger partial charge in [-0.25, -0.2) is 4.79 Å². The molecule has 140 valence electrons. The molecule has 0 unspecified atom stereocenters. The number of hydrogen-bond donors (Lipinski definition) is 1. The zero-order valence-corrected chi connectivity index (χ0v) is 15.2. The number of aromatic nitrogens is 1. The number of ether oxygens (including phenoxy) is 2. The highest BCUT2D eigenvalue weighted by molar-refractivity contribution is 6.33. The highest BCUT2D eigenvalue weighted by Crippen LogP contribution is 2.23. The van der Waals surface area contributed by atoms with E-state index in [0.717, 1.165) is 5.52 Å². The third-order valence-corrected chi connectivity index (χ3v) is 4.50. The molecule has 2 aromatic carbocycles. The summed E-state index contributed by atoms with van der Waals surface area (Å²) in [6.45, 7) is 1.80. The first kappa shape index (κ1) is 17.6. The molecule has 2 heterocycles. The van der Waals surface area contributed by atoms with Crippen molar-refractivity contribution < 1.29 is 18.7 Å². The number of carbonyl (C=O) groups excluding carboxylic acids is 1. The molecule has 0 radical (unpaired) electrons. The van der Waals surface area contributed by atoms with Crippen molar-refractivity contribution in [3.63, 3.8) is 0 Å². The van der Waals surface area contributed by atoms with Gasteiger partial charge in [0.25, 0.3) is 6.01 Å². The van der Waals surface area contributed by atoms with Gasteiger partial charge in [-0.3, -0.25) is 5.32 Å². The first-order valence-corrected chi connectivity index (χ1v) is 8.97. The lowest BCUT2D eigenvalue weighted by molar-refractivity contribution is 0.0443. The number of benzene rings is 2. The first-order chi connectivity index (χ1) is 13.2. The van der Waals surface area contributed by atoms with Gasteiger partial charge in [0.05, 0.1) is 30.5 Å². The van der Waals surface area contributed by atoms with E-state index in [-0.39, 0.29) is 0 Å². The van der Waals surface area contributed by atoms with Gasteiger partial charge in [0.2, 0.25) is 0 Å². The van der Waals surface area contributed by atoms with Gasteiger partial charge in [0.15, 0.2) is 5.58 Å². The largest absolute Gasteiger partial charge is 0.442 e. The van der Waals surface area contributed by atoms with Crippen molar-refractivity contribution in [3.8, 4) is 0 Å². The summed E-state index contributed by atoms with van der Waals surface area (Å²) in [4.78, 5) is 18.6. The van der Waals surface area contributed by atoms with E-state index in [4.69, 9.17) is 25.5 Å². The Kier molecular flexibility index (Phi) is 5.13. The molecule has 7 nitrogen and oxygen atoms in total. The van der Waals surface area contributed by atoms with E-state index in [2.05, 4.69) is 10.3 Å². The minimum absolute atomic E-state index is 0.298. The van der Waals surface area contributed by atoms with Crippen LogP contribution in [0.1, 0.15) is 0 Å². The van der Waals surface area contributed by atoms with Crippen LogP contribution in [0.2, 0.25) is 5.02 Å². The Morgan fingerprint density at radius 2 is 2.04 bits per heavy atom. The molecule has 1 aromatic heterocycles. The number of carbonyl (C=O) groups is 1. The van der Waals surface area contributed by atoms with E-state index in [1.165, 1.54) is 0 Å². The van der Waals surface area contributed by atoms with E-state index in [9.17, 15) is 4.79 Å². The molecule has 0 bridgehead atoms. The number of oxazole rings is 1. The topological polar surface area (TPSA) is 76.8 Å². The summed E-state index contributed by atoms with van der Waals surface area (Å²) in [6, 6.07) is 15.0. The lowest BCUT2D eigenvalue weighted by Crippen LogP contribution is -2.36. The second-order valence-electron chi connectivity index (χ2n) is 6.12. The molecule has 1 saturated heterocycles. The maximum absolute atomic E-state index is 12.2. The van der Waals surface area contributed by atoms with Crippen LogP contribution in [0.25, 0.3) is 11.1 Å². The highest BCUT2D eigenvalue weighted by Gasteiger charge is 2.25. The molecule has 4 rings (SSSR count). The minimum atomic E-state index is -0.587. The van der Waals surface area contributed by atoms with Gasteiger partial charge in [0.1, 0.15) is 11.6 Å². The molecule has 0 aliphatic carbocycles. The van der Waals surface area contributed by atoms with Gasteiger partial charge in [-0.2, -0.15) is 4.98 Å². The zero-order valence-electron chi connectivity index (χ0n) is 14.4. The molecule has 1 N–H and O–H groups in total. The zero-order chi connectivity index (χ0) is 18.6. The summed E-state index contributed by atoms with van der Waals surface area (Å²) in [7, 11) is 0. The SMILES string of the molecule is O=C(Nc1ccccc1Cl)O[C@H]1COCCN(c2nc3ccccc3o2)C1. The molecule has 3 aromatic rings. The van der Waals surface area contributed by atoms with Crippen LogP contribution in [0.3, 0.4) is 0 Å². The Morgan fingerprint density at radius 3 is 2.89 bits per heavy atom. The van der Waals surface area contributed by atoms with Gasteiger partial charge in [-0.1, -0.05) is 35.9 Å². The van der Waals surface area contributed by atoms with E-state index < -0.39 is 12.2 Å². The Hall–Kier alpha value is -2.77. The second-order valence-corrected chi connectivity index (χ2v) is 6.52. The average Bonchev–Trinajstić information content (AvgIpc) is 2.96. The van der Waals surface area contributed by atoms with Crippen molar-refractivity contribution in [2.75, 3.05) is 36.5 Å². The molecule has 1 atom stereocenters. The third kappa shape index (κ3) is 4.15. The molecule has 27 heavy (non-hydrogen) atoms. The van der Waals surface area contributed by atoms with Crippen molar-refractivity contribution >= 4 is 40.5 Å². The number of para-hydroxylation sites is 3. The molecule has 1 aliphatic heterocycles. The van der Waals surface area contributed by atoms with Crippen molar-refractivity contribution in [1.82, 2.24) is 4.98 Å². The number of rotatable bonds is 3. The molecule has 0 spiro atoms. The van der Waals surface area contributed by atoms with Gasteiger partial charge < -0.3 is 18.8 Å². The Morgan fingerprint density at radius 1 is 1.22 bits per heavy atom. The molecule has 0 saturated carbocycles. The number of hydrogen-bond acceptors (Lipinski definition) is 6. The van der Waals surface area contributed by atoms with Crippen LogP contribution in [0.15, 0.2) is 52.9 Å². The van der Waals surface area contributed by atoms with E-state index >= 15 is 0 Å². The molecule has 1 aliphatic rings. The number of nitrogens with zero attached hydrogens (tertiary/aromatic N) is 2. The standard InChI is InChI=1S/C19H18ClN3O4/c20-14-5-1-2-6-15(14)22-19(24)26-13-11-23(9-10-25-12-13)18-21-16-7-3-4-8-17(16)27-18/h1-8,13H,9-12H2,(H,22,24)/t13-/m1/s1. The van der Waals surface area contributed by atoms with Crippen LogP contribution in [-0.2, 0) is 9.47 Å².